The highest BCUT2D eigenvalue weighted by molar-refractivity contribution is 5.95. The fourth-order valence-electron chi connectivity index (χ4n) is 2.40. The molecule has 0 saturated heterocycles. The van der Waals surface area contributed by atoms with Gasteiger partial charge in [-0.2, -0.15) is 0 Å². The molecule has 3 rings (SSSR count). The topological polar surface area (TPSA) is 60.2 Å². The molecule has 1 aliphatic rings. The van der Waals surface area contributed by atoms with Crippen LogP contribution in [0.3, 0.4) is 0 Å². The summed E-state index contributed by atoms with van der Waals surface area (Å²) in [6.07, 6.45) is 0.732. The molecule has 1 aromatic carbocycles. The van der Waals surface area contributed by atoms with Gasteiger partial charge < -0.3 is 10.2 Å². The summed E-state index contributed by atoms with van der Waals surface area (Å²) in [5, 5.41) is 0.834. The SMILES string of the molecule is Cc1c(F)ccc2c(NN)c3c(nc12)CCOC3. The molecule has 2 aromatic rings. The molecule has 4 nitrogen and oxygen atoms in total. The Morgan fingerprint density at radius 3 is 3.06 bits per heavy atom. The molecule has 0 atom stereocenters. The smallest absolute Gasteiger partial charge is 0.128 e. The van der Waals surface area contributed by atoms with Crippen molar-refractivity contribution in [3.63, 3.8) is 0 Å². The van der Waals surface area contributed by atoms with E-state index in [0.29, 0.717) is 24.3 Å². The Balaban J connectivity index is 2.40. The van der Waals surface area contributed by atoms with Gasteiger partial charge in [0.1, 0.15) is 5.82 Å². The standard InChI is InChI=1S/C13H14FN3O/c1-7-10(14)3-2-8-12(7)16-11-4-5-18-6-9(11)13(8)17-15/h2-3H,4-6,15H2,1H3,(H,16,17). The number of ether oxygens (including phenoxy) is 1. The number of nitrogens with zero attached hydrogens (tertiary/aromatic N) is 1. The molecule has 3 N–H and O–H groups in total. The molecule has 2 heterocycles. The van der Waals surface area contributed by atoms with Crippen LogP contribution in [0.25, 0.3) is 10.9 Å². The molecular formula is C13H14FN3O. The summed E-state index contributed by atoms with van der Waals surface area (Å²) in [5.74, 6) is 5.36. The number of pyridine rings is 1. The number of rotatable bonds is 1. The van der Waals surface area contributed by atoms with Gasteiger partial charge in [0, 0.05) is 22.9 Å². The van der Waals surface area contributed by atoms with Crippen LogP contribution in [-0.4, -0.2) is 11.6 Å². The zero-order valence-electron chi connectivity index (χ0n) is 10.1. The van der Waals surface area contributed by atoms with Crippen LogP contribution in [0.1, 0.15) is 16.8 Å². The molecule has 0 unspecified atom stereocenters. The number of benzene rings is 1. The lowest BCUT2D eigenvalue weighted by molar-refractivity contribution is 0.110. The molecule has 1 aromatic heterocycles. The van der Waals surface area contributed by atoms with Crippen molar-refractivity contribution in [1.82, 2.24) is 4.98 Å². The van der Waals surface area contributed by atoms with E-state index in [2.05, 4.69) is 10.4 Å². The van der Waals surface area contributed by atoms with Crippen LogP contribution < -0.4 is 11.3 Å². The van der Waals surface area contributed by atoms with E-state index in [-0.39, 0.29) is 5.82 Å². The van der Waals surface area contributed by atoms with Crippen molar-refractivity contribution < 1.29 is 9.13 Å². The van der Waals surface area contributed by atoms with Crippen molar-refractivity contribution in [1.29, 1.82) is 0 Å². The number of hydrogen-bond donors (Lipinski definition) is 2. The largest absolute Gasteiger partial charge is 0.376 e. The monoisotopic (exact) mass is 247 g/mol. The summed E-state index contributed by atoms with van der Waals surface area (Å²) < 4.78 is 19.0. The average molecular weight is 247 g/mol. The number of aryl methyl sites for hydroxylation is 1. The fraction of sp³-hybridized carbons (Fsp3) is 0.308. The van der Waals surface area contributed by atoms with Crippen LogP contribution in [0.2, 0.25) is 0 Å². The zero-order valence-corrected chi connectivity index (χ0v) is 10.1. The molecular weight excluding hydrogens is 233 g/mol. The summed E-state index contributed by atoms with van der Waals surface area (Å²) in [7, 11) is 0. The van der Waals surface area contributed by atoms with Gasteiger partial charge in [-0.25, -0.2) is 4.39 Å². The van der Waals surface area contributed by atoms with Gasteiger partial charge in [0.05, 0.1) is 30.1 Å². The van der Waals surface area contributed by atoms with Crippen LogP contribution in [0, 0.1) is 12.7 Å². The van der Waals surface area contributed by atoms with Gasteiger partial charge in [-0.1, -0.05) is 0 Å². The van der Waals surface area contributed by atoms with Crippen LogP contribution in [0.4, 0.5) is 10.1 Å². The number of aromatic nitrogens is 1. The first kappa shape index (κ1) is 11.4. The fourth-order valence-corrected chi connectivity index (χ4v) is 2.40. The molecule has 0 radical (unpaired) electrons. The Kier molecular flexibility index (Phi) is 2.65. The second-order valence-corrected chi connectivity index (χ2v) is 4.43. The lowest BCUT2D eigenvalue weighted by atomic mass is 10.0. The van der Waals surface area contributed by atoms with Crippen molar-refractivity contribution in [3.05, 3.63) is 34.8 Å². The Bertz CT molecular complexity index is 627. The number of anilines is 1. The highest BCUT2D eigenvalue weighted by Crippen LogP contribution is 2.32. The van der Waals surface area contributed by atoms with Crippen molar-refractivity contribution in [2.45, 2.75) is 20.0 Å². The second kappa shape index (κ2) is 4.19. The first-order valence-electron chi connectivity index (χ1n) is 5.87. The number of nitrogens with one attached hydrogen (secondary N) is 1. The quantitative estimate of drug-likeness (QED) is 0.598. The predicted octanol–water partition coefficient (Wildman–Crippen LogP) is 2.04. The summed E-state index contributed by atoms with van der Waals surface area (Å²) in [6.45, 7) is 2.87. The van der Waals surface area contributed by atoms with Gasteiger partial charge in [-0.15, -0.1) is 0 Å². The molecule has 0 bridgehead atoms. The summed E-state index contributed by atoms with van der Waals surface area (Å²) in [4.78, 5) is 4.57. The highest BCUT2D eigenvalue weighted by Gasteiger charge is 2.19. The predicted molar refractivity (Wildman–Crippen MR) is 67.6 cm³/mol. The molecule has 0 spiro atoms. The lowest BCUT2D eigenvalue weighted by Crippen LogP contribution is -2.18. The van der Waals surface area contributed by atoms with Crippen molar-refractivity contribution in [3.8, 4) is 0 Å². The highest BCUT2D eigenvalue weighted by atomic mass is 19.1. The van der Waals surface area contributed by atoms with E-state index in [1.165, 1.54) is 6.07 Å². The minimum Gasteiger partial charge on any atom is -0.376 e. The number of nitrogen functional groups attached to an aromatic ring is 1. The molecule has 5 heteroatoms. The molecule has 0 amide bonds. The van der Waals surface area contributed by atoms with Gasteiger partial charge in [0.2, 0.25) is 0 Å². The van der Waals surface area contributed by atoms with E-state index in [9.17, 15) is 4.39 Å². The van der Waals surface area contributed by atoms with E-state index in [1.54, 1.807) is 13.0 Å². The maximum Gasteiger partial charge on any atom is 0.128 e. The zero-order chi connectivity index (χ0) is 12.7. The Morgan fingerprint density at radius 1 is 1.44 bits per heavy atom. The maximum absolute atomic E-state index is 13.6. The van der Waals surface area contributed by atoms with E-state index in [1.807, 2.05) is 0 Å². The van der Waals surface area contributed by atoms with Crippen LogP contribution in [0.5, 0.6) is 0 Å². The third-order valence-corrected chi connectivity index (χ3v) is 3.41. The number of fused-ring (bicyclic) bond motifs is 2. The Labute approximate surface area is 104 Å². The maximum atomic E-state index is 13.6. The minimum absolute atomic E-state index is 0.245. The third-order valence-electron chi connectivity index (χ3n) is 3.41. The van der Waals surface area contributed by atoms with Crippen LogP contribution in [0.15, 0.2) is 12.1 Å². The van der Waals surface area contributed by atoms with Crippen molar-refractivity contribution in [2.24, 2.45) is 5.84 Å². The van der Waals surface area contributed by atoms with E-state index >= 15 is 0 Å². The summed E-state index contributed by atoms with van der Waals surface area (Å²) in [6, 6.07) is 3.14. The molecule has 1 aliphatic heterocycles. The number of hydrogen-bond acceptors (Lipinski definition) is 4. The van der Waals surface area contributed by atoms with Gasteiger partial charge in [0.15, 0.2) is 0 Å². The molecule has 0 fully saturated rings. The van der Waals surface area contributed by atoms with Gasteiger partial charge >= 0.3 is 0 Å². The second-order valence-electron chi connectivity index (χ2n) is 4.43. The number of hydrazine groups is 1. The van der Waals surface area contributed by atoms with E-state index in [0.717, 1.165) is 28.8 Å². The first-order chi connectivity index (χ1) is 8.72. The summed E-state index contributed by atoms with van der Waals surface area (Å²) >= 11 is 0. The Hall–Kier alpha value is -1.72. The molecule has 0 saturated carbocycles. The molecule has 18 heavy (non-hydrogen) atoms. The van der Waals surface area contributed by atoms with Crippen molar-refractivity contribution in [2.75, 3.05) is 12.0 Å². The van der Waals surface area contributed by atoms with Crippen LogP contribution in [-0.2, 0) is 17.8 Å². The summed E-state index contributed by atoms with van der Waals surface area (Å²) in [5.41, 5.74) is 6.63. The van der Waals surface area contributed by atoms with E-state index < -0.39 is 0 Å². The average Bonchev–Trinajstić information content (AvgIpc) is 2.41. The van der Waals surface area contributed by atoms with E-state index in [4.69, 9.17) is 10.6 Å². The molecule has 94 valence electrons. The third kappa shape index (κ3) is 1.55. The van der Waals surface area contributed by atoms with Gasteiger partial charge in [-0.05, 0) is 19.1 Å². The van der Waals surface area contributed by atoms with Crippen molar-refractivity contribution >= 4 is 16.6 Å². The number of nitrogens with two attached hydrogens (primary N) is 1. The lowest BCUT2D eigenvalue weighted by Gasteiger charge is -2.21. The van der Waals surface area contributed by atoms with Gasteiger partial charge in [0.25, 0.3) is 0 Å². The first-order valence-corrected chi connectivity index (χ1v) is 5.87. The normalized spacial score (nSPS) is 14.6. The number of halogens is 1. The minimum atomic E-state index is -0.245. The van der Waals surface area contributed by atoms with Crippen LogP contribution >= 0.6 is 0 Å². The Morgan fingerprint density at radius 2 is 2.28 bits per heavy atom. The van der Waals surface area contributed by atoms with Gasteiger partial charge in [-0.3, -0.25) is 10.8 Å². The molecule has 0 aliphatic carbocycles.